The molecule has 3 rings (SSSR count). The van der Waals surface area contributed by atoms with Gasteiger partial charge in [-0.1, -0.05) is 35.9 Å². The number of aromatic nitrogens is 1. The van der Waals surface area contributed by atoms with Crippen LogP contribution in [-0.4, -0.2) is 36.5 Å². The molecule has 0 saturated heterocycles. The lowest BCUT2D eigenvalue weighted by molar-refractivity contribution is -0.125. The number of nitrogens with one attached hydrogen (secondary N) is 2. The summed E-state index contributed by atoms with van der Waals surface area (Å²) in [7, 11) is 1.40. The Kier molecular flexibility index (Phi) is 6.25. The van der Waals surface area contributed by atoms with Crippen LogP contribution >= 0.6 is 11.6 Å². The summed E-state index contributed by atoms with van der Waals surface area (Å²) >= 11 is 5.87. The van der Waals surface area contributed by atoms with E-state index in [0.29, 0.717) is 10.5 Å². The van der Waals surface area contributed by atoms with Crippen molar-refractivity contribution < 1.29 is 23.9 Å². The van der Waals surface area contributed by atoms with Gasteiger partial charge in [-0.15, -0.1) is 0 Å². The number of fused-ring (bicyclic) bond motifs is 1. The average Bonchev–Trinajstić information content (AvgIpc) is 2.75. The number of hydrogen-bond donors (Lipinski definition) is 2. The maximum Gasteiger partial charge on any atom is 0.357 e. The smallest absolute Gasteiger partial charge is 0.357 e. The SMILES string of the molecule is COc1ccc(Cl)cc1C(=O)NNC(=O)COC(=O)c1ccc2ccccc2n1. The maximum atomic E-state index is 12.2. The Hall–Kier alpha value is -3.65. The first-order chi connectivity index (χ1) is 14.0. The molecule has 0 spiro atoms. The van der Waals surface area contributed by atoms with Crippen molar-refractivity contribution in [2.75, 3.05) is 13.7 Å². The Labute approximate surface area is 170 Å². The molecule has 148 valence electrons. The molecule has 0 unspecified atom stereocenters. The predicted molar refractivity (Wildman–Crippen MR) is 106 cm³/mol. The monoisotopic (exact) mass is 413 g/mol. The Bertz CT molecular complexity index is 1090. The topological polar surface area (TPSA) is 107 Å². The number of pyridine rings is 1. The minimum absolute atomic E-state index is 0.0733. The molecule has 0 fully saturated rings. The van der Waals surface area contributed by atoms with E-state index in [1.165, 1.54) is 25.3 Å². The van der Waals surface area contributed by atoms with Crippen molar-refractivity contribution in [2.45, 2.75) is 0 Å². The summed E-state index contributed by atoms with van der Waals surface area (Å²) in [5, 5.41) is 1.21. The lowest BCUT2D eigenvalue weighted by Crippen LogP contribution is -2.43. The van der Waals surface area contributed by atoms with E-state index in [-0.39, 0.29) is 17.0 Å². The lowest BCUT2D eigenvalue weighted by Gasteiger charge is -2.11. The Morgan fingerprint density at radius 1 is 1.03 bits per heavy atom. The van der Waals surface area contributed by atoms with Crippen LogP contribution < -0.4 is 15.6 Å². The Morgan fingerprint density at radius 2 is 1.83 bits per heavy atom. The first-order valence-corrected chi connectivity index (χ1v) is 8.81. The number of esters is 1. The minimum atomic E-state index is -0.756. The van der Waals surface area contributed by atoms with Crippen LogP contribution in [0.4, 0.5) is 0 Å². The summed E-state index contributed by atoms with van der Waals surface area (Å²) in [4.78, 5) is 40.3. The van der Waals surface area contributed by atoms with Crippen molar-refractivity contribution >= 4 is 40.3 Å². The molecule has 0 saturated carbocycles. The van der Waals surface area contributed by atoms with Crippen LogP contribution in [0.5, 0.6) is 5.75 Å². The zero-order valence-corrected chi connectivity index (χ0v) is 16.0. The third kappa shape index (κ3) is 4.99. The standard InChI is InChI=1S/C20H16ClN3O5/c1-28-17-9-7-13(21)10-14(17)19(26)24-23-18(25)11-29-20(27)16-8-6-12-4-2-3-5-15(12)22-16/h2-10H,11H2,1H3,(H,23,25)(H,24,26). The number of carbonyl (C=O) groups excluding carboxylic acids is 3. The number of nitrogens with zero attached hydrogens (tertiary/aromatic N) is 1. The molecule has 29 heavy (non-hydrogen) atoms. The molecule has 0 aliphatic heterocycles. The van der Waals surface area contributed by atoms with Crippen molar-refractivity contribution in [3.8, 4) is 5.75 Å². The highest BCUT2D eigenvalue weighted by Crippen LogP contribution is 2.22. The Morgan fingerprint density at radius 3 is 2.62 bits per heavy atom. The van der Waals surface area contributed by atoms with Gasteiger partial charge in [0, 0.05) is 10.4 Å². The molecule has 3 aromatic rings. The van der Waals surface area contributed by atoms with Crippen LogP contribution in [0.25, 0.3) is 10.9 Å². The molecule has 1 aromatic heterocycles. The minimum Gasteiger partial charge on any atom is -0.496 e. The number of para-hydroxylation sites is 1. The van der Waals surface area contributed by atoms with Gasteiger partial charge < -0.3 is 9.47 Å². The van der Waals surface area contributed by atoms with Crippen molar-refractivity contribution in [3.05, 3.63) is 70.9 Å². The summed E-state index contributed by atoms with van der Waals surface area (Å²) in [6.07, 6.45) is 0. The van der Waals surface area contributed by atoms with Crippen molar-refractivity contribution in [1.82, 2.24) is 15.8 Å². The van der Waals surface area contributed by atoms with Gasteiger partial charge in [-0.3, -0.25) is 20.4 Å². The van der Waals surface area contributed by atoms with E-state index in [1.54, 1.807) is 24.3 Å². The first kappa shape index (κ1) is 20.1. The van der Waals surface area contributed by atoms with Crippen LogP contribution in [0, 0.1) is 0 Å². The second-order valence-corrected chi connectivity index (χ2v) is 6.25. The number of hydrazine groups is 1. The van der Waals surface area contributed by atoms with Gasteiger partial charge in [-0.05, 0) is 30.3 Å². The second kappa shape index (κ2) is 9.03. The van der Waals surface area contributed by atoms with E-state index in [0.717, 1.165) is 5.39 Å². The van der Waals surface area contributed by atoms with E-state index >= 15 is 0 Å². The third-order valence-electron chi connectivity index (χ3n) is 3.86. The lowest BCUT2D eigenvalue weighted by atomic mass is 10.2. The van der Waals surface area contributed by atoms with Gasteiger partial charge in [-0.2, -0.15) is 0 Å². The summed E-state index contributed by atoms with van der Waals surface area (Å²) in [5.41, 5.74) is 5.20. The molecule has 2 aromatic carbocycles. The molecule has 0 aliphatic rings. The molecule has 2 N–H and O–H groups in total. The van der Waals surface area contributed by atoms with E-state index in [1.807, 2.05) is 12.1 Å². The van der Waals surface area contributed by atoms with Gasteiger partial charge in [-0.25, -0.2) is 9.78 Å². The quantitative estimate of drug-likeness (QED) is 0.491. The first-order valence-electron chi connectivity index (χ1n) is 8.43. The normalized spacial score (nSPS) is 10.3. The maximum absolute atomic E-state index is 12.2. The summed E-state index contributed by atoms with van der Waals surface area (Å²) in [6.45, 7) is -0.597. The van der Waals surface area contributed by atoms with Crippen molar-refractivity contribution in [2.24, 2.45) is 0 Å². The van der Waals surface area contributed by atoms with Crippen LogP contribution in [0.3, 0.4) is 0 Å². The highest BCUT2D eigenvalue weighted by molar-refractivity contribution is 6.31. The molecule has 9 heteroatoms. The average molecular weight is 414 g/mol. The van der Waals surface area contributed by atoms with Crippen molar-refractivity contribution in [1.29, 1.82) is 0 Å². The van der Waals surface area contributed by atoms with E-state index in [9.17, 15) is 14.4 Å². The third-order valence-corrected chi connectivity index (χ3v) is 4.10. The van der Waals surface area contributed by atoms with E-state index in [4.69, 9.17) is 21.1 Å². The zero-order chi connectivity index (χ0) is 20.8. The molecule has 0 bridgehead atoms. The largest absolute Gasteiger partial charge is 0.496 e. The molecular formula is C20H16ClN3O5. The van der Waals surface area contributed by atoms with Gasteiger partial charge >= 0.3 is 5.97 Å². The van der Waals surface area contributed by atoms with Gasteiger partial charge in [0.15, 0.2) is 6.61 Å². The highest BCUT2D eigenvalue weighted by atomic mass is 35.5. The van der Waals surface area contributed by atoms with Crippen molar-refractivity contribution in [3.63, 3.8) is 0 Å². The predicted octanol–water partition coefficient (Wildman–Crippen LogP) is 2.51. The second-order valence-electron chi connectivity index (χ2n) is 5.81. The fourth-order valence-electron chi connectivity index (χ4n) is 2.47. The molecule has 2 amide bonds. The van der Waals surface area contributed by atoms with E-state index in [2.05, 4.69) is 15.8 Å². The van der Waals surface area contributed by atoms with Crippen LogP contribution in [0.15, 0.2) is 54.6 Å². The summed E-state index contributed by atoms with van der Waals surface area (Å²) < 4.78 is 10.0. The number of hydrogen-bond acceptors (Lipinski definition) is 6. The molecule has 0 aliphatic carbocycles. The number of halogens is 1. The zero-order valence-electron chi connectivity index (χ0n) is 15.3. The number of rotatable bonds is 5. The van der Waals surface area contributed by atoms with Gasteiger partial charge in [0.1, 0.15) is 11.4 Å². The number of carbonyl (C=O) groups is 3. The van der Waals surface area contributed by atoms with Crippen LogP contribution in [0.1, 0.15) is 20.8 Å². The number of amides is 2. The number of benzene rings is 2. The summed E-state index contributed by atoms with van der Waals surface area (Å²) in [6, 6.07) is 15.0. The van der Waals surface area contributed by atoms with Crippen LogP contribution in [-0.2, 0) is 9.53 Å². The molecular weight excluding hydrogens is 398 g/mol. The number of methoxy groups -OCH3 is 1. The Balaban J connectivity index is 1.53. The number of ether oxygens (including phenoxy) is 2. The molecule has 8 nitrogen and oxygen atoms in total. The summed E-state index contributed by atoms with van der Waals surface area (Å²) in [5.74, 6) is -1.84. The van der Waals surface area contributed by atoms with E-state index < -0.39 is 24.4 Å². The van der Waals surface area contributed by atoms with Gasteiger partial charge in [0.05, 0.1) is 18.2 Å². The highest BCUT2D eigenvalue weighted by Gasteiger charge is 2.15. The molecule has 1 heterocycles. The molecule has 0 radical (unpaired) electrons. The van der Waals surface area contributed by atoms with Gasteiger partial charge in [0.25, 0.3) is 11.8 Å². The van der Waals surface area contributed by atoms with Gasteiger partial charge in [0.2, 0.25) is 0 Å². The fourth-order valence-corrected chi connectivity index (χ4v) is 2.64. The van der Waals surface area contributed by atoms with Crippen LogP contribution in [0.2, 0.25) is 5.02 Å². The molecule has 0 atom stereocenters. The fraction of sp³-hybridized carbons (Fsp3) is 0.100.